The summed E-state index contributed by atoms with van der Waals surface area (Å²) in [7, 11) is 0. The Bertz CT molecular complexity index is 347. The van der Waals surface area contributed by atoms with Crippen molar-refractivity contribution in [1.82, 2.24) is 9.88 Å². The fraction of sp³-hybridized carbons (Fsp3) is 0.444. The van der Waals surface area contributed by atoms with Crippen LogP contribution in [0.1, 0.15) is 6.04 Å². The molecule has 0 aliphatic carbocycles. The largest absolute Gasteiger partial charge is 0.325 e. The zero-order valence-electron chi connectivity index (χ0n) is 7.31. The van der Waals surface area contributed by atoms with Gasteiger partial charge in [0.1, 0.15) is 0 Å². The lowest BCUT2D eigenvalue weighted by Crippen LogP contribution is -2.35. The number of hydrogen-bond acceptors (Lipinski definition) is 3. The van der Waals surface area contributed by atoms with Crippen LogP contribution in [0.2, 0.25) is 0 Å². The first-order valence-corrected chi connectivity index (χ1v) is 4.42. The Morgan fingerprint density at radius 3 is 2.92 bits per heavy atom. The van der Waals surface area contributed by atoms with Crippen LogP contribution in [-0.4, -0.2) is 23.7 Å². The number of rotatable bonds is 1. The highest BCUT2D eigenvalue weighted by Crippen LogP contribution is 2.10. The number of pyridine rings is 1. The van der Waals surface area contributed by atoms with Crippen LogP contribution in [0.5, 0.6) is 0 Å². The Kier molecular flexibility index (Phi) is 2.16. The third-order valence-electron chi connectivity index (χ3n) is 2.44. The van der Waals surface area contributed by atoms with Gasteiger partial charge in [0, 0.05) is 31.4 Å². The predicted octanol–water partition coefficient (Wildman–Crippen LogP) is -0.680. The molecule has 1 saturated heterocycles. The Morgan fingerprint density at radius 2 is 2.31 bits per heavy atom. The van der Waals surface area contributed by atoms with Gasteiger partial charge in [0.2, 0.25) is 0 Å². The van der Waals surface area contributed by atoms with Gasteiger partial charge in [0.25, 0.3) is 5.56 Å². The number of nitrogens with zero attached hydrogens (tertiary/aromatic N) is 1. The number of nitrogens with one attached hydrogen (secondary N) is 1. The first kappa shape index (κ1) is 8.47. The Morgan fingerprint density at radius 1 is 1.46 bits per heavy atom. The van der Waals surface area contributed by atoms with Gasteiger partial charge in [-0.15, -0.1) is 0 Å². The van der Waals surface area contributed by atoms with E-state index in [0.717, 1.165) is 13.1 Å². The predicted molar refractivity (Wildman–Crippen MR) is 50.6 cm³/mol. The highest BCUT2D eigenvalue weighted by Gasteiger charge is 2.25. The van der Waals surface area contributed by atoms with Gasteiger partial charge in [-0.2, -0.15) is 0 Å². The van der Waals surface area contributed by atoms with Crippen molar-refractivity contribution in [3.8, 4) is 0 Å². The van der Waals surface area contributed by atoms with Gasteiger partial charge in [-0.3, -0.25) is 4.79 Å². The standard InChI is InChI=1S/C9H13N3O/c10-7-5-11-6-8(7)12-4-2-1-3-9(12)13/h1-4,7-8,11H,5-6,10H2. The van der Waals surface area contributed by atoms with E-state index in [1.54, 1.807) is 22.9 Å². The molecule has 70 valence electrons. The molecule has 2 unspecified atom stereocenters. The summed E-state index contributed by atoms with van der Waals surface area (Å²) in [5.41, 5.74) is 5.88. The maximum atomic E-state index is 11.4. The van der Waals surface area contributed by atoms with Crippen LogP contribution in [-0.2, 0) is 0 Å². The van der Waals surface area contributed by atoms with Crippen molar-refractivity contribution in [1.29, 1.82) is 0 Å². The van der Waals surface area contributed by atoms with Crippen LogP contribution < -0.4 is 16.6 Å². The van der Waals surface area contributed by atoms with E-state index < -0.39 is 0 Å². The minimum Gasteiger partial charge on any atom is -0.325 e. The van der Waals surface area contributed by atoms with Crippen LogP contribution in [0.4, 0.5) is 0 Å². The Balaban J connectivity index is 2.35. The van der Waals surface area contributed by atoms with Gasteiger partial charge in [-0.25, -0.2) is 0 Å². The molecule has 0 bridgehead atoms. The third-order valence-corrected chi connectivity index (χ3v) is 2.44. The molecule has 0 radical (unpaired) electrons. The van der Waals surface area contributed by atoms with E-state index in [9.17, 15) is 4.79 Å². The number of aromatic nitrogens is 1. The second-order valence-corrected chi connectivity index (χ2v) is 3.34. The van der Waals surface area contributed by atoms with Crippen molar-refractivity contribution >= 4 is 0 Å². The van der Waals surface area contributed by atoms with Gasteiger partial charge >= 0.3 is 0 Å². The maximum absolute atomic E-state index is 11.4. The van der Waals surface area contributed by atoms with Crippen LogP contribution in [0.3, 0.4) is 0 Å². The SMILES string of the molecule is NC1CNCC1n1ccccc1=O. The number of nitrogens with two attached hydrogens (primary N) is 1. The highest BCUT2D eigenvalue weighted by atomic mass is 16.1. The first-order chi connectivity index (χ1) is 6.29. The van der Waals surface area contributed by atoms with Crippen molar-refractivity contribution in [3.63, 3.8) is 0 Å². The van der Waals surface area contributed by atoms with E-state index in [2.05, 4.69) is 5.32 Å². The summed E-state index contributed by atoms with van der Waals surface area (Å²) in [6.45, 7) is 1.57. The number of hydrogen-bond donors (Lipinski definition) is 2. The molecule has 0 spiro atoms. The lowest BCUT2D eigenvalue weighted by molar-refractivity contribution is 0.477. The zero-order chi connectivity index (χ0) is 9.26. The molecule has 3 N–H and O–H groups in total. The van der Waals surface area contributed by atoms with E-state index in [1.807, 2.05) is 6.07 Å². The van der Waals surface area contributed by atoms with Crippen molar-refractivity contribution in [2.24, 2.45) is 5.73 Å². The van der Waals surface area contributed by atoms with Gasteiger partial charge in [0.05, 0.1) is 6.04 Å². The van der Waals surface area contributed by atoms with Crippen molar-refractivity contribution in [2.75, 3.05) is 13.1 Å². The summed E-state index contributed by atoms with van der Waals surface area (Å²) in [5, 5.41) is 3.16. The van der Waals surface area contributed by atoms with E-state index in [0.29, 0.717) is 0 Å². The van der Waals surface area contributed by atoms with Gasteiger partial charge in [-0.05, 0) is 6.07 Å². The molecular formula is C9H13N3O. The molecule has 0 amide bonds. The van der Waals surface area contributed by atoms with Gasteiger partial charge < -0.3 is 15.6 Å². The van der Waals surface area contributed by atoms with Crippen molar-refractivity contribution < 1.29 is 0 Å². The van der Waals surface area contributed by atoms with Crippen molar-refractivity contribution in [3.05, 3.63) is 34.7 Å². The fourth-order valence-corrected chi connectivity index (χ4v) is 1.70. The molecule has 1 aliphatic heterocycles. The lowest BCUT2D eigenvalue weighted by atomic mass is 10.2. The molecule has 13 heavy (non-hydrogen) atoms. The lowest BCUT2D eigenvalue weighted by Gasteiger charge is -2.16. The zero-order valence-corrected chi connectivity index (χ0v) is 7.31. The van der Waals surface area contributed by atoms with E-state index in [4.69, 9.17) is 5.73 Å². The van der Waals surface area contributed by atoms with Crippen LogP contribution in [0.25, 0.3) is 0 Å². The topological polar surface area (TPSA) is 60.0 Å². The minimum absolute atomic E-state index is 0.0200. The second kappa shape index (κ2) is 3.32. The summed E-state index contributed by atoms with van der Waals surface area (Å²) in [4.78, 5) is 11.4. The van der Waals surface area contributed by atoms with Crippen LogP contribution in [0.15, 0.2) is 29.2 Å². The molecule has 2 rings (SSSR count). The third kappa shape index (κ3) is 1.50. The molecular weight excluding hydrogens is 166 g/mol. The highest BCUT2D eigenvalue weighted by molar-refractivity contribution is 4.99. The summed E-state index contributed by atoms with van der Waals surface area (Å²) in [6, 6.07) is 5.30. The molecule has 1 aromatic heterocycles. The minimum atomic E-state index is 0.0200. The summed E-state index contributed by atoms with van der Waals surface area (Å²) in [5.74, 6) is 0. The van der Waals surface area contributed by atoms with Crippen molar-refractivity contribution in [2.45, 2.75) is 12.1 Å². The molecule has 2 heterocycles. The maximum Gasteiger partial charge on any atom is 0.250 e. The summed E-state index contributed by atoms with van der Waals surface area (Å²) >= 11 is 0. The molecule has 0 aromatic carbocycles. The average Bonchev–Trinajstić information content (AvgIpc) is 2.52. The molecule has 2 atom stereocenters. The molecule has 4 heteroatoms. The molecule has 0 saturated carbocycles. The smallest absolute Gasteiger partial charge is 0.250 e. The molecule has 4 nitrogen and oxygen atoms in total. The quantitative estimate of drug-likeness (QED) is 0.600. The van der Waals surface area contributed by atoms with Gasteiger partial charge in [0.15, 0.2) is 0 Å². The summed E-state index contributed by atoms with van der Waals surface area (Å²) in [6.07, 6.45) is 1.79. The Labute approximate surface area is 76.4 Å². The van der Waals surface area contributed by atoms with E-state index in [-0.39, 0.29) is 17.6 Å². The van der Waals surface area contributed by atoms with Gasteiger partial charge in [-0.1, -0.05) is 6.07 Å². The van der Waals surface area contributed by atoms with E-state index in [1.165, 1.54) is 0 Å². The molecule has 1 aliphatic rings. The van der Waals surface area contributed by atoms with Crippen LogP contribution >= 0.6 is 0 Å². The van der Waals surface area contributed by atoms with Crippen LogP contribution in [0, 0.1) is 0 Å². The normalized spacial score (nSPS) is 27.8. The monoisotopic (exact) mass is 179 g/mol. The Hall–Kier alpha value is -1.13. The molecule has 1 fully saturated rings. The average molecular weight is 179 g/mol. The second-order valence-electron chi connectivity index (χ2n) is 3.34. The fourth-order valence-electron chi connectivity index (χ4n) is 1.70. The van der Waals surface area contributed by atoms with E-state index >= 15 is 0 Å². The summed E-state index contributed by atoms with van der Waals surface area (Å²) < 4.78 is 1.70. The molecule has 1 aromatic rings. The first-order valence-electron chi connectivity index (χ1n) is 4.42.